The van der Waals surface area contributed by atoms with Crippen molar-refractivity contribution >= 4 is 47.0 Å². The molecule has 448 valence electrons. The molecule has 0 fully saturated rings. The van der Waals surface area contributed by atoms with Gasteiger partial charge in [0.15, 0.2) is 0 Å². The Labute approximate surface area is 472 Å². The maximum absolute atomic E-state index is 11.0. The summed E-state index contributed by atoms with van der Waals surface area (Å²) in [5.41, 5.74) is 21.3. The molecule has 0 aliphatic carbocycles. The number of carboxylic acids is 4. The van der Waals surface area contributed by atoms with Crippen molar-refractivity contribution in [3.63, 3.8) is 0 Å². The Morgan fingerprint density at radius 2 is 0.364 bits per heavy atom. The molecule has 0 spiro atoms. The zero-order chi connectivity index (χ0) is 57.4. The number of carbonyl (C=O) groups is 8. The molecule has 0 radical (unpaired) electrons. The van der Waals surface area contributed by atoms with E-state index in [9.17, 15) is 58.8 Å². The van der Waals surface area contributed by atoms with Crippen LogP contribution < -0.4 is 107 Å². The molecule has 0 aliphatic rings. The van der Waals surface area contributed by atoms with Crippen LogP contribution in [-0.4, -0.2) is 230 Å². The van der Waals surface area contributed by atoms with Crippen molar-refractivity contribution in [3.05, 3.63) is 0 Å². The second kappa shape index (κ2) is 70.6. The number of rotatable bonds is 56. The van der Waals surface area contributed by atoms with Gasteiger partial charge in [-0.25, -0.2) is 0 Å². The van der Waals surface area contributed by atoms with Gasteiger partial charge in [0.25, 0.3) is 0 Å². The van der Waals surface area contributed by atoms with Crippen LogP contribution in [0.15, 0.2) is 0 Å². The zero-order valence-corrected chi connectivity index (χ0v) is 47.6. The van der Waals surface area contributed by atoms with E-state index in [1.807, 2.05) is 0 Å². The molecule has 0 aromatic carbocycles. The fraction of sp³-hybridized carbons (Fsp3) is 0.833. The molecule has 77 heavy (non-hydrogen) atoms. The Hall–Kier alpha value is -3.37. The van der Waals surface area contributed by atoms with Crippen LogP contribution in [0.4, 0.5) is 0 Å². The second-order valence-electron chi connectivity index (χ2n) is 16.9. The molecule has 0 amide bonds. The van der Waals surface area contributed by atoms with Crippen molar-refractivity contribution in [2.24, 2.45) is 22.9 Å². The van der Waals surface area contributed by atoms with Gasteiger partial charge in [-0.05, 0) is 51.9 Å². The Bertz CT molecular complexity index is 1200. The maximum atomic E-state index is 11.0. The quantitative estimate of drug-likeness (QED) is 0.0153. The van der Waals surface area contributed by atoms with E-state index in [0.29, 0.717) is 78.0 Å². The zero-order valence-electron chi connectivity index (χ0n) is 46.0. The van der Waals surface area contributed by atoms with E-state index in [0.717, 1.165) is 131 Å². The molecule has 0 heterocycles. The van der Waals surface area contributed by atoms with Gasteiger partial charge in [0.2, 0.25) is 0 Å². The summed E-state index contributed by atoms with van der Waals surface area (Å²) >= 11 is 0. The summed E-state index contributed by atoms with van der Waals surface area (Å²) in [6, 6.07) is 0. The summed E-state index contributed by atoms with van der Waals surface area (Å²) in [7, 11) is 0. The predicted octanol–water partition coefficient (Wildman–Crippen LogP) is -11.2. The molecular formula is C48H100N16O12Ti. The summed E-state index contributed by atoms with van der Waals surface area (Å²) in [4.78, 5) is 84.7. The summed E-state index contributed by atoms with van der Waals surface area (Å²) in [6.07, 6.45) is 1.88. The third-order valence-corrected chi connectivity index (χ3v) is 9.72. The molecular weight excluding hydrogens is 1040 g/mol. The van der Waals surface area contributed by atoms with E-state index in [1.165, 1.54) is 0 Å². The topological polar surface area (TPSA) is 477 Å². The summed E-state index contributed by atoms with van der Waals surface area (Å²) < 4.78 is 0. The Balaban J connectivity index is -0.000000298. The molecule has 0 aromatic rings. The van der Waals surface area contributed by atoms with Crippen LogP contribution in [0.2, 0.25) is 0 Å². The van der Waals surface area contributed by atoms with Gasteiger partial charge in [0, 0.05) is 232 Å². The SMILES string of the molecule is NCCNCCNCCNCCCC(=O)CC(=O)[O-].NCCNCCNCCNCCCC(=O)CC(=O)[O-].NCCNCCNCCNCCCC(=O)CC(=O)[O-].NCCNCCNCCNCCCC(=O)CC(=O)[O-].[Ti+4]. The smallest absolute Gasteiger partial charge is 0.550 e. The van der Waals surface area contributed by atoms with Crippen LogP contribution in [0.3, 0.4) is 0 Å². The Morgan fingerprint density at radius 1 is 0.234 bits per heavy atom. The van der Waals surface area contributed by atoms with Crippen LogP contribution in [0.25, 0.3) is 0 Å². The van der Waals surface area contributed by atoms with Crippen LogP contribution in [-0.2, 0) is 60.1 Å². The van der Waals surface area contributed by atoms with E-state index in [2.05, 4.69) is 63.8 Å². The van der Waals surface area contributed by atoms with Crippen molar-refractivity contribution < 1.29 is 80.5 Å². The third-order valence-electron chi connectivity index (χ3n) is 9.72. The van der Waals surface area contributed by atoms with Gasteiger partial charge in [-0.15, -0.1) is 0 Å². The number of nitrogens with two attached hydrogens (primary N) is 4. The fourth-order valence-electron chi connectivity index (χ4n) is 5.96. The number of Topliss-reactive ketones (excluding diaryl/α,β-unsaturated/α-hetero) is 4. The first-order valence-electron chi connectivity index (χ1n) is 26.8. The summed E-state index contributed by atoms with van der Waals surface area (Å²) in [6.45, 7) is 22.7. The first-order valence-corrected chi connectivity index (χ1v) is 26.8. The monoisotopic (exact) mass is 1140 g/mol. The van der Waals surface area contributed by atoms with Crippen LogP contribution >= 0.6 is 0 Å². The van der Waals surface area contributed by atoms with Gasteiger partial charge >= 0.3 is 21.7 Å². The van der Waals surface area contributed by atoms with Crippen LogP contribution in [0, 0.1) is 0 Å². The molecule has 0 aliphatic heterocycles. The normalized spacial score (nSPS) is 10.4. The van der Waals surface area contributed by atoms with Gasteiger partial charge in [0.1, 0.15) is 23.1 Å². The number of aliphatic carboxylic acids is 4. The van der Waals surface area contributed by atoms with Crippen molar-refractivity contribution in [1.82, 2.24) is 63.8 Å². The summed E-state index contributed by atoms with van der Waals surface area (Å²) in [5, 5.41) is 79.0. The molecule has 29 heteroatoms. The van der Waals surface area contributed by atoms with Crippen molar-refractivity contribution in [2.75, 3.05) is 183 Å². The average molecular weight is 1140 g/mol. The minimum Gasteiger partial charge on any atom is -0.550 e. The average Bonchev–Trinajstić information content (AvgIpc) is 3.35. The first kappa shape index (κ1) is 82.5. The van der Waals surface area contributed by atoms with Gasteiger partial charge in [0.05, 0.1) is 0 Å². The third kappa shape index (κ3) is 86.7. The van der Waals surface area contributed by atoms with Crippen molar-refractivity contribution in [3.8, 4) is 0 Å². The standard InChI is InChI=1S/4C12H26N4O3.Ti/c4*13-3-5-15-7-9-16-8-6-14-4-1-2-11(17)10-12(18)19;/h4*14-16H,1-10,13H2,(H,18,19);/q;;;;+4/p-4. The van der Waals surface area contributed by atoms with Gasteiger partial charge < -0.3 is 126 Å². The fourth-order valence-corrected chi connectivity index (χ4v) is 5.96. The molecule has 20 N–H and O–H groups in total. The molecule has 28 nitrogen and oxygen atoms in total. The molecule has 0 saturated carbocycles. The summed E-state index contributed by atoms with van der Waals surface area (Å²) in [5.74, 6) is -6.29. The molecule has 0 saturated heterocycles. The van der Waals surface area contributed by atoms with E-state index >= 15 is 0 Å². The Morgan fingerprint density at radius 3 is 0.494 bits per heavy atom. The molecule has 0 rings (SSSR count). The van der Waals surface area contributed by atoms with Crippen LogP contribution in [0.5, 0.6) is 0 Å². The van der Waals surface area contributed by atoms with Crippen molar-refractivity contribution in [1.29, 1.82) is 0 Å². The van der Waals surface area contributed by atoms with E-state index < -0.39 is 49.6 Å². The van der Waals surface area contributed by atoms with E-state index in [1.54, 1.807) is 0 Å². The molecule has 0 aromatic heterocycles. The van der Waals surface area contributed by atoms with E-state index in [4.69, 9.17) is 22.9 Å². The van der Waals surface area contributed by atoms with Crippen LogP contribution in [0.1, 0.15) is 77.0 Å². The number of carboxylic acid groups (broad SMARTS) is 4. The molecule has 0 bridgehead atoms. The number of hydrogen-bond donors (Lipinski definition) is 16. The number of carbonyl (C=O) groups excluding carboxylic acids is 8. The van der Waals surface area contributed by atoms with Gasteiger partial charge in [-0.1, -0.05) is 0 Å². The van der Waals surface area contributed by atoms with Crippen molar-refractivity contribution in [2.45, 2.75) is 77.0 Å². The second-order valence-corrected chi connectivity index (χ2v) is 16.9. The van der Waals surface area contributed by atoms with Gasteiger partial charge in [-0.2, -0.15) is 0 Å². The minimum absolute atomic E-state index is 0. The maximum Gasteiger partial charge on any atom is 4.00 e. The number of nitrogens with one attached hydrogen (secondary N) is 12. The molecule has 0 atom stereocenters. The number of hydrogen-bond acceptors (Lipinski definition) is 28. The first-order chi connectivity index (χ1) is 36.7. The number of ketones is 4. The predicted molar refractivity (Wildman–Crippen MR) is 286 cm³/mol. The largest absolute Gasteiger partial charge is 4.00 e. The van der Waals surface area contributed by atoms with E-state index in [-0.39, 0.29) is 70.5 Å². The van der Waals surface area contributed by atoms with Gasteiger partial charge in [-0.3, -0.25) is 19.2 Å². The Kier molecular flexibility index (Phi) is 75.7. The minimum atomic E-state index is -1.30. The molecule has 0 unspecified atom stereocenters.